The van der Waals surface area contributed by atoms with E-state index in [0.29, 0.717) is 86.1 Å². The summed E-state index contributed by atoms with van der Waals surface area (Å²) in [7, 11) is -2.01. The Morgan fingerprint density at radius 3 is 2.24 bits per heavy atom. The number of hydrogen-bond acceptors (Lipinski definition) is 11. The molecule has 2 aromatic heterocycles. The third-order valence-corrected chi connectivity index (χ3v) is 9.38. The summed E-state index contributed by atoms with van der Waals surface area (Å²) in [6.07, 6.45) is 0.919. The van der Waals surface area contributed by atoms with E-state index >= 15 is 0 Å². The summed E-state index contributed by atoms with van der Waals surface area (Å²) < 4.78 is 35.3. The van der Waals surface area contributed by atoms with Crippen molar-refractivity contribution in [1.29, 1.82) is 5.26 Å². The van der Waals surface area contributed by atoms with Crippen LogP contribution >= 0.6 is 0 Å². The van der Waals surface area contributed by atoms with E-state index in [0.717, 1.165) is 13.1 Å². The highest BCUT2D eigenvalue weighted by Crippen LogP contribution is 2.38. The van der Waals surface area contributed by atoms with E-state index in [1.54, 1.807) is 19.9 Å². The molecule has 216 valence electrons. The van der Waals surface area contributed by atoms with Crippen molar-refractivity contribution in [3.63, 3.8) is 0 Å². The number of aryl methyl sites for hydroxylation is 2. The molecule has 2 amide bonds. The van der Waals surface area contributed by atoms with Crippen molar-refractivity contribution in [1.82, 2.24) is 39.6 Å². The summed E-state index contributed by atoms with van der Waals surface area (Å²) >= 11 is 0. The molecule has 0 bridgehead atoms. The highest BCUT2D eigenvalue weighted by Gasteiger charge is 2.47. The van der Waals surface area contributed by atoms with E-state index in [1.165, 1.54) is 6.07 Å². The first-order valence-electron chi connectivity index (χ1n) is 13.6. The topological polar surface area (TPSA) is 165 Å². The molecule has 1 N–H and O–H groups in total. The van der Waals surface area contributed by atoms with Crippen LogP contribution in [0.25, 0.3) is 22.5 Å². The summed E-state index contributed by atoms with van der Waals surface area (Å²) in [5, 5.41) is 18.0. The number of fused-ring (bicyclic) bond motifs is 1. The van der Waals surface area contributed by atoms with Gasteiger partial charge in [0, 0.05) is 64.7 Å². The van der Waals surface area contributed by atoms with E-state index in [9.17, 15) is 18.5 Å². The molecule has 0 atom stereocenters. The molecule has 0 radical (unpaired) electrons. The molecular weight excluding hydrogens is 548 g/mol. The molecule has 3 fully saturated rings. The average molecular weight is 581 g/mol. The smallest absolute Gasteiger partial charge is 0.320 e. The first-order valence-corrected chi connectivity index (χ1v) is 15.1. The predicted molar refractivity (Wildman–Crippen MR) is 148 cm³/mol. The van der Waals surface area contributed by atoms with Crippen molar-refractivity contribution < 1.29 is 17.6 Å². The van der Waals surface area contributed by atoms with Gasteiger partial charge in [0.15, 0.2) is 0 Å². The highest BCUT2D eigenvalue weighted by molar-refractivity contribution is 7.89. The van der Waals surface area contributed by atoms with Gasteiger partial charge in [-0.25, -0.2) is 23.2 Å². The van der Waals surface area contributed by atoms with Crippen LogP contribution in [0.15, 0.2) is 21.4 Å². The number of nitrogens with one attached hydrogen (secondary N) is 1. The number of carbonyl (C=O) groups is 1. The molecule has 0 unspecified atom stereocenters. The first kappa shape index (κ1) is 27.3. The van der Waals surface area contributed by atoms with Crippen molar-refractivity contribution in [3.05, 3.63) is 23.8 Å². The number of anilines is 1. The molecule has 3 aromatic rings. The maximum Gasteiger partial charge on any atom is 0.320 e. The van der Waals surface area contributed by atoms with Crippen molar-refractivity contribution in [2.75, 3.05) is 64.3 Å². The molecule has 2 aliphatic heterocycles. The van der Waals surface area contributed by atoms with Crippen molar-refractivity contribution in [2.45, 2.75) is 37.1 Å². The monoisotopic (exact) mass is 580 g/mol. The van der Waals surface area contributed by atoms with Gasteiger partial charge in [0.05, 0.1) is 22.2 Å². The van der Waals surface area contributed by atoms with Crippen LogP contribution in [0.5, 0.6) is 0 Å². The summed E-state index contributed by atoms with van der Waals surface area (Å²) in [4.78, 5) is 30.4. The minimum Gasteiger partial charge on any atom is -0.420 e. The molecule has 6 rings (SSSR count). The molecule has 14 nitrogen and oxygen atoms in total. The lowest BCUT2D eigenvalue weighted by Gasteiger charge is -2.40. The Labute approximate surface area is 238 Å². The second-order valence-corrected chi connectivity index (χ2v) is 12.6. The highest BCUT2D eigenvalue weighted by atomic mass is 32.2. The fourth-order valence-corrected chi connectivity index (χ4v) is 6.69. The lowest BCUT2D eigenvalue weighted by Crippen LogP contribution is -2.56. The maximum atomic E-state index is 13.5. The van der Waals surface area contributed by atoms with Crippen LogP contribution in [0, 0.1) is 25.2 Å². The molecule has 1 aliphatic carbocycles. The molecule has 1 aromatic carbocycles. The van der Waals surface area contributed by atoms with E-state index in [2.05, 4.69) is 37.9 Å². The van der Waals surface area contributed by atoms with Crippen LogP contribution in [-0.2, 0) is 10.0 Å². The zero-order chi connectivity index (χ0) is 28.9. The SMILES string of the molecule is Cc1nc(-c2nnc(C)o2)c2cc(S(=O)(=O)NC3(C#N)CC3)cc(N3CCN(C(=O)N4CCN(C)CC4)CC3)c2n1. The van der Waals surface area contributed by atoms with Gasteiger partial charge < -0.3 is 24.0 Å². The number of hydrogen-bond donors (Lipinski definition) is 1. The molecule has 0 spiro atoms. The number of amides is 2. The largest absolute Gasteiger partial charge is 0.420 e. The van der Waals surface area contributed by atoms with Gasteiger partial charge in [-0.15, -0.1) is 10.2 Å². The van der Waals surface area contributed by atoms with Gasteiger partial charge in [-0.05, 0) is 38.9 Å². The molecule has 2 saturated heterocycles. The van der Waals surface area contributed by atoms with E-state index in [1.807, 2.05) is 14.7 Å². The maximum absolute atomic E-state index is 13.5. The molecule has 4 heterocycles. The minimum absolute atomic E-state index is 0.0117. The van der Waals surface area contributed by atoms with Gasteiger partial charge in [-0.3, -0.25) is 0 Å². The zero-order valence-electron chi connectivity index (χ0n) is 23.3. The summed E-state index contributed by atoms with van der Waals surface area (Å²) in [5.74, 6) is 0.967. The number of piperazine rings is 2. The van der Waals surface area contributed by atoms with Gasteiger partial charge in [0.2, 0.25) is 15.9 Å². The third kappa shape index (κ3) is 5.30. The van der Waals surface area contributed by atoms with Crippen LogP contribution in [0.2, 0.25) is 0 Å². The number of likely N-dealkylation sites (N-methyl/N-ethyl adjacent to an activating group) is 1. The Hall–Kier alpha value is -3.87. The summed E-state index contributed by atoms with van der Waals surface area (Å²) in [5.41, 5.74) is 0.387. The summed E-state index contributed by atoms with van der Waals surface area (Å²) in [6, 6.07) is 5.20. The van der Waals surface area contributed by atoms with Gasteiger partial charge in [0.1, 0.15) is 17.1 Å². The number of sulfonamides is 1. The molecule has 3 aliphatic rings. The molecule has 15 heteroatoms. The lowest BCUT2D eigenvalue weighted by molar-refractivity contribution is 0.120. The lowest BCUT2D eigenvalue weighted by atomic mass is 10.1. The minimum atomic E-state index is -4.06. The predicted octanol–water partition coefficient (Wildman–Crippen LogP) is 1.12. The zero-order valence-corrected chi connectivity index (χ0v) is 24.1. The molecular formula is C26H32N10O4S. The van der Waals surface area contributed by atoms with Gasteiger partial charge in [0.25, 0.3) is 5.89 Å². The average Bonchev–Trinajstić information content (AvgIpc) is 3.59. The Bertz CT molecular complexity index is 1650. The Balaban J connectivity index is 1.37. The van der Waals surface area contributed by atoms with Crippen LogP contribution in [0.1, 0.15) is 24.6 Å². The normalized spacial score (nSPS) is 19.4. The first-order chi connectivity index (χ1) is 19.6. The number of carbonyl (C=O) groups excluding carboxylic acids is 1. The van der Waals surface area contributed by atoms with Crippen LogP contribution in [-0.4, -0.2) is 114 Å². The molecule has 1 saturated carbocycles. The van der Waals surface area contributed by atoms with Crippen molar-refractivity contribution >= 4 is 32.6 Å². The second kappa shape index (κ2) is 10.2. The van der Waals surface area contributed by atoms with Crippen LogP contribution < -0.4 is 9.62 Å². The Kier molecular flexibility index (Phi) is 6.79. The second-order valence-electron chi connectivity index (χ2n) is 10.9. The Morgan fingerprint density at radius 2 is 1.66 bits per heavy atom. The quantitative estimate of drug-likeness (QED) is 0.460. The van der Waals surface area contributed by atoms with Crippen LogP contribution in [0.3, 0.4) is 0 Å². The fraction of sp³-hybridized carbons (Fsp3) is 0.538. The number of rotatable bonds is 5. The fourth-order valence-electron chi connectivity index (χ4n) is 5.27. The number of aromatic nitrogens is 4. The number of nitrogens with zero attached hydrogens (tertiary/aromatic N) is 9. The molecule has 41 heavy (non-hydrogen) atoms. The standard InChI is InChI=1S/C26H32N10O4S/c1-17-28-22-20(23(29-17)24-31-30-18(2)40-24)14-19(41(38,39)32-26(16-27)4-5-26)15-21(22)34-10-12-36(13-11-34)25(37)35-8-6-33(3)7-9-35/h14-15,32H,4-13H2,1-3H3. The number of benzene rings is 1. The van der Waals surface area contributed by atoms with E-state index in [4.69, 9.17) is 9.40 Å². The van der Waals surface area contributed by atoms with E-state index in [-0.39, 0.29) is 16.8 Å². The van der Waals surface area contributed by atoms with Gasteiger partial charge in [-0.2, -0.15) is 9.98 Å². The Morgan fingerprint density at radius 1 is 1.00 bits per heavy atom. The van der Waals surface area contributed by atoms with Gasteiger partial charge >= 0.3 is 6.03 Å². The van der Waals surface area contributed by atoms with Gasteiger partial charge in [-0.1, -0.05) is 0 Å². The summed E-state index contributed by atoms with van der Waals surface area (Å²) in [6.45, 7) is 8.46. The van der Waals surface area contributed by atoms with Crippen LogP contribution in [0.4, 0.5) is 10.5 Å². The van der Waals surface area contributed by atoms with Crippen molar-refractivity contribution in [2.24, 2.45) is 0 Å². The van der Waals surface area contributed by atoms with E-state index < -0.39 is 15.6 Å². The van der Waals surface area contributed by atoms with Crippen molar-refractivity contribution in [3.8, 4) is 17.7 Å². The third-order valence-electron chi connectivity index (χ3n) is 7.86. The number of nitriles is 1. The number of urea groups is 1.